The van der Waals surface area contributed by atoms with E-state index < -0.39 is 0 Å². The Morgan fingerprint density at radius 2 is 2.15 bits per heavy atom. The Morgan fingerprint density at radius 3 is 2.88 bits per heavy atom. The number of hydrogen-bond donors (Lipinski definition) is 1. The van der Waals surface area contributed by atoms with Crippen LogP contribution in [0.15, 0.2) is 47.8 Å². The minimum absolute atomic E-state index is 0.745. The van der Waals surface area contributed by atoms with Crippen molar-refractivity contribution in [2.24, 2.45) is 12.0 Å². The van der Waals surface area contributed by atoms with Crippen molar-refractivity contribution in [2.75, 3.05) is 20.6 Å². The van der Waals surface area contributed by atoms with Crippen LogP contribution in [0.25, 0.3) is 11.0 Å². The normalized spacial score (nSPS) is 11.9. The number of hydrogen-bond acceptors (Lipinski definition) is 2. The van der Waals surface area contributed by atoms with Crippen LogP contribution in [0.1, 0.15) is 12.1 Å². The van der Waals surface area contributed by atoms with Crippen LogP contribution in [0.3, 0.4) is 0 Å². The van der Waals surface area contributed by atoms with Crippen molar-refractivity contribution < 1.29 is 0 Å². The fourth-order valence-corrected chi connectivity index (χ4v) is 3.34. The number of nitrogens with one attached hydrogen (secondary N) is 1. The largest absolute Gasteiger partial charge is 0.356 e. The molecule has 1 aromatic carbocycles. The van der Waals surface area contributed by atoms with Gasteiger partial charge in [-0.1, -0.05) is 23.7 Å². The fraction of sp³-hybridized carbons (Fsp3) is 0.368. The Morgan fingerprint density at radius 1 is 1.35 bits per heavy atom. The summed E-state index contributed by atoms with van der Waals surface area (Å²) in [5.41, 5.74) is 3.36. The van der Waals surface area contributed by atoms with E-state index >= 15 is 0 Å². The summed E-state index contributed by atoms with van der Waals surface area (Å²) in [5, 5.41) is 4.18. The standard InChI is InChI=1S/C19H25ClN6/c1-21-19(25(3)13-16-11-15(20)12-24(16)2)22-9-6-10-26-14-23-17-7-4-5-8-18(17)26/h4-5,7-8,11-12,14H,6,9-10,13H2,1-3H3,(H,21,22). The minimum Gasteiger partial charge on any atom is -0.356 e. The first-order chi connectivity index (χ1) is 12.6. The highest BCUT2D eigenvalue weighted by Crippen LogP contribution is 2.14. The van der Waals surface area contributed by atoms with Gasteiger partial charge in [0.25, 0.3) is 0 Å². The molecular weight excluding hydrogens is 348 g/mol. The molecule has 0 aliphatic heterocycles. The molecule has 0 aliphatic rings. The number of aryl methyl sites for hydroxylation is 2. The highest BCUT2D eigenvalue weighted by molar-refractivity contribution is 6.30. The van der Waals surface area contributed by atoms with Gasteiger partial charge in [-0.25, -0.2) is 4.98 Å². The zero-order valence-corrected chi connectivity index (χ0v) is 16.2. The van der Waals surface area contributed by atoms with Crippen molar-refractivity contribution >= 4 is 28.6 Å². The number of para-hydroxylation sites is 2. The van der Waals surface area contributed by atoms with Crippen LogP contribution < -0.4 is 5.32 Å². The number of rotatable bonds is 6. The molecule has 7 heteroatoms. The topological polar surface area (TPSA) is 50.4 Å². The van der Waals surface area contributed by atoms with Crippen molar-refractivity contribution in [3.63, 3.8) is 0 Å². The molecule has 2 aromatic heterocycles. The van der Waals surface area contributed by atoms with Gasteiger partial charge in [0.1, 0.15) is 0 Å². The molecular formula is C19H25ClN6. The third kappa shape index (κ3) is 4.19. The molecule has 0 radical (unpaired) electrons. The lowest BCUT2D eigenvalue weighted by molar-refractivity contribution is 0.459. The molecule has 26 heavy (non-hydrogen) atoms. The molecule has 3 rings (SSSR count). The number of halogens is 1. The molecule has 2 heterocycles. The Bertz CT molecular complexity index is 894. The van der Waals surface area contributed by atoms with Crippen LogP contribution in [0.5, 0.6) is 0 Å². The summed E-state index contributed by atoms with van der Waals surface area (Å²) in [6.45, 7) is 2.51. The first-order valence-corrected chi connectivity index (χ1v) is 9.08. The van der Waals surface area contributed by atoms with E-state index in [9.17, 15) is 0 Å². The number of aliphatic imine (C=N–C) groups is 1. The van der Waals surface area contributed by atoms with Gasteiger partial charge in [-0.15, -0.1) is 0 Å². The van der Waals surface area contributed by atoms with Crippen molar-refractivity contribution in [1.82, 2.24) is 24.3 Å². The molecule has 138 valence electrons. The number of imidazole rings is 1. The van der Waals surface area contributed by atoms with Crippen molar-refractivity contribution in [2.45, 2.75) is 19.5 Å². The van der Waals surface area contributed by atoms with Gasteiger partial charge in [0.2, 0.25) is 0 Å². The molecule has 0 amide bonds. The lowest BCUT2D eigenvalue weighted by Crippen LogP contribution is -2.39. The maximum atomic E-state index is 6.06. The Balaban J connectivity index is 1.50. The second-order valence-electron chi connectivity index (χ2n) is 6.37. The maximum Gasteiger partial charge on any atom is 0.193 e. The lowest BCUT2D eigenvalue weighted by Gasteiger charge is -2.22. The van der Waals surface area contributed by atoms with E-state index in [1.54, 1.807) is 7.05 Å². The Kier molecular flexibility index (Phi) is 5.83. The van der Waals surface area contributed by atoms with Crippen molar-refractivity contribution in [1.29, 1.82) is 0 Å². The average molecular weight is 373 g/mol. The first-order valence-electron chi connectivity index (χ1n) is 8.71. The molecule has 0 saturated heterocycles. The van der Waals surface area contributed by atoms with E-state index in [1.165, 1.54) is 5.52 Å². The fourth-order valence-electron chi connectivity index (χ4n) is 3.06. The van der Waals surface area contributed by atoms with Gasteiger partial charge in [-0.05, 0) is 24.6 Å². The van der Waals surface area contributed by atoms with Gasteiger partial charge in [0, 0.05) is 46.1 Å². The third-order valence-electron chi connectivity index (χ3n) is 4.43. The maximum absolute atomic E-state index is 6.06. The van der Waals surface area contributed by atoms with Gasteiger partial charge in [-0.3, -0.25) is 4.99 Å². The van der Waals surface area contributed by atoms with E-state index in [4.69, 9.17) is 11.6 Å². The molecule has 6 nitrogen and oxygen atoms in total. The van der Waals surface area contributed by atoms with E-state index in [-0.39, 0.29) is 0 Å². The summed E-state index contributed by atoms with van der Waals surface area (Å²) in [6, 6.07) is 10.2. The predicted octanol–water partition coefficient (Wildman–Crippen LogP) is 3.13. The van der Waals surface area contributed by atoms with Crippen LogP contribution in [0, 0.1) is 0 Å². The third-order valence-corrected chi connectivity index (χ3v) is 4.64. The minimum atomic E-state index is 0.745. The number of fused-ring (bicyclic) bond motifs is 1. The number of guanidine groups is 1. The van der Waals surface area contributed by atoms with E-state index in [2.05, 4.69) is 30.8 Å². The zero-order chi connectivity index (χ0) is 18.5. The summed E-state index contributed by atoms with van der Waals surface area (Å²) >= 11 is 6.06. The van der Waals surface area contributed by atoms with Crippen LogP contribution in [0.4, 0.5) is 0 Å². The first kappa shape index (κ1) is 18.3. The molecule has 0 unspecified atom stereocenters. The SMILES string of the molecule is CN=C(NCCCn1cnc2ccccc21)N(C)Cc1cc(Cl)cn1C. The molecule has 0 spiro atoms. The highest BCUT2D eigenvalue weighted by Gasteiger charge is 2.09. The summed E-state index contributed by atoms with van der Waals surface area (Å²) in [6.07, 6.45) is 4.81. The molecule has 0 saturated carbocycles. The van der Waals surface area contributed by atoms with Crippen LogP contribution in [-0.2, 0) is 20.1 Å². The van der Waals surface area contributed by atoms with E-state index in [0.29, 0.717) is 0 Å². The molecule has 0 atom stereocenters. The molecule has 0 bridgehead atoms. The second-order valence-corrected chi connectivity index (χ2v) is 6.81. The van der Waals surface area contributed by atoms with Gasteiger partial charge >= 0.3 is 0 Å². The average Bonchev–Trinajstić information content (AvgIpc) is 3.17. The van der Waals surface area contributed by atoms with Gasteiger partial charge in [0.15, 0.2) is 5.96 Å². The highest BCUT2D eigenvalue weighted by atomic mass is 35.5. The van der Waals surface area contributed by atoms with Crippen LogP contribution in [0.2, 0.25) is 5.02 Å². The van der Waals surface area contributed by atoms with E-state index in [0.717, 1.165) is 48.2 Å². The quantitative estimate of drug-likeness (QED) is 0.411. The summed E-state index contributed by atoms with van der Waals surface area (Å²) in [5.74, 6) is 0.873. The summed E-state index contributed by atoms with van der Waals surface area (Å²) in [4.78, 5) is 10.9. The lowest BCUT2D eigenvalue weighted by atomic mass is 10.3. The monoisotopic (exact) mass is 372 g/mol. The zero-order valence-electron chi connectivity index (χ0n) is 15.5. The van der Waals surface area contributed by atoms with Crippen LogP contribution >= 0.6 is 11.6 Å². The Labute approximate surface area is 159 Å². The number of aromatic nitrogens is 3. The second kappa shape index (κ2) is 8.27. The van der Waals surface area contributed by atoms with Gasteiger partial charge < -0.3 is 19.4 Å². The molecule has 1 N–H and O–H groups in total. The van der Waals surface area contributed by atoms with Crippen molar-refractivity contribution in [3.05, 3.63) is 53.6 Å². The number of benzene rings is 1. The molecule has 3 aromatic rings. The molecule has 0 fully saturated rings. The van der Waals surface area contributed by atoms with Crippen LogP contribution in [-0.4, -0.2) is 45.6 Å². The predicted molar refractivity (Wildman–Crippen MR) is 108 cm³/mol. The smallest absolute Gasteiger partial charge is 0.193 e. The van der Waals surface area contributed by atoms with Gasteiger partial charge in [0.05, 0.1) is 28.9 Å². The number of nitrogens with zero attached hydrogens (tertiary/aromatic N) is 5. The molecule has 0 aliphatic carbocycles. The van der Waals surface area contributed by atoms with Gasteiger partial charge in [-0.2, -0.15) is 0 Å². The summed E-state index contributed by atoms with van der Waals surface area (Å²) < 4.78 is 4.23. The summed E-state index contributed by atoms with van der Waals surface area (Å²) in [7, 11) is 5.83. The Hall–Kier alpha value is -2.47. The van der Waals surface area contributed by atoms with Crippen molar-refractivity contribution in [3.8, 4) is 0 Å². The van der Waals surface area contributed by atoms with E-state index in [1.807, 2.05) is 55.5 Å².